The summed E-state index contributed by atoms with van der Waals surface area (Å²) in [6.45, 7) is 1.25. The van der Waals surface area contributed by atoms with E-state index >= 15 is 0 Å². The van der Waals surface area contributed by atoms with Crippen molar-refractivity contribution < 1.29 is 19.4 Å². The quantitative estimate of drug-likeness (QED) is 0.369. The number of anilines is 2. The molecule has 0 spiro atoms. The SMILES string of the molecule is CN1CCOc2ccc(/C(O)=C3/C(=O)C(=O)N(c4ccc(C#N)cc4)C3c3ccccn3)cc21. The number of amides is 1. The largest absolute Gasteiger partial charge is 0.507 e. The van der Waals surface area contributed by atoms with Gasteiger partial charge in [0, 0.05) is 24.5 Å². The number of pyridine rings is 1. The summed E-state index contributed by atoms with van der Waals surface area (Å²) >= 11 is 0. The van der Waals surface area contributed by atoms with Crippen LogP contribution < -0.4 is 14.5 Å². The van der Waals surface area contributed by atoms with Crippen molar-refractivity contribution in [3.05, 3.63) is 89.3 Å². The van der Waals surface area contributed by atoms with E-state index < -0.39 is 17.7 Å². The van der Waals surface area contributed by atoms with E-state index in [1.807, 2.05) is 18.0 Å². The van der Waals surface area contributed by atoms with Gasteiger partial charge < -0.3 is 14.7 Å². The molecule has 0 bridgehead atoms. The Morgan fingerprint density at radius 1 is 1.15 bits per heavy atom. The van der Waals surface area contributed by atoms with Crippen LogP contribution in [0.25, 0.3) is 5.76 Å². The van der Waals surface area contributed by atoms with Gasteiger partial charge in [0.1, 0.15) is 24.2 Å². The summed E-state index contributed by atoms with van der Waals surface area (Å²) in [5, 5.41) is 20.4. The molecule has 168 valence electrons. The number of hydrogen-bond donors (Lipinski definition) is 1. The van der Waals surface area contributed by atoms with Crippen LogP contribution in [0.4, 0.5) is 11.4 Å². The van der Waals surface area contributed by atoms with E-state index in [4.69, 9.17) is 10.00 Å². The molecule has 0 aliphatic carbocycles. The summed E-state index contributed by atoms with van der Waals surface area (Å²) in [6.07, 6.45) is 1.57. The van der Waals surface area contributed by atoms with Crippen molar-refractivity contribution in [2.45, 2.75) is 6.04 Å². The lowest BCUT2D eigenvalue weighted by Gasteiger charge is -2.28. The number of nitrogens with zero attached hydrogens (tertiary/aromatic N) is 4. The molecule has 2 aliphatic rings. The van der Waals surface area contributed by atoms with E-state index in [2.05, 4.69) is 4.98 Å². The monoisotopic (exact) mass is 452 g/mol. The van der Waals surface area contributed by atoms with E-state index in [0.717, 1.165) is 5.69 Å². The first-order valence-corrected chi connectivity index (χ1v) is 10.7. The highest BCUT2D eigenvalue weighted by molar-refractivity contribution is 6.51. The maximum absolute atomic E-state index is 13.2. The fraction of sp³-hybridized carbons (Fsp3) is 0.154. The molecule has 0 radical (unpaired) electrons. The van der Waals surface area contributed by atoms with Crippen molar-refractivity contribution >= 4 is 28.8 Å². The predicted octanol–water partition coefficient (Wildman–Crippen LogP) is 3.41. The fourth-order valence-corrected chi connectivity index (χ4v) is 4.27. The molecule has 8 nitrogen and oxygen atoms in total. The molecule has 1 amide bonds. The van der Waals surface area contributed by atoms with Crippen LogP contribution >= 0.6 is 0 Å². The zero-order valence-corrected chi connectivity index (χ0v) is 18.3. The normalized spacial score (nSPS) is 18.9. The van der Waals surface area contributed by atoms with Crippen LogP contribution in [0, 0.1) is 11.3 Å². The van der Waals surface area contributed by atoms with Gasteiger partial charge in [-0.05, 0) is 54.6 Å². The van der Waals surface area contributed by atoms with Crippen LogP contribution in [0.1, 0.15) is 22.9 Å². The Balaban J connectivity index is 1.68. The zero-order chi connectivity index (χ0) is 23.8. The molecule has 1 fully saturated rings. The van der Waals surface area contributed by atoms with Gasteiger partial charge in [0.15, 0.2) is 0 Å². The van der Waals surface area contributed by atoms with Crippen molar-refractivity contribution in [1.29, 1.82) is 5.26 Å². The first kappa shape index (κ1) is 21.2. The van der Waals surface area contributed by atoms with Crippen LogP contribution in [0.15, 0.2) is 72.4 Å². The molecular weight excluding hydrogens is 432 g/mol. The highest BCUT2D eigenvalue weighted by Crippen LogP contribution is 2.42. The summed E-state index contributed by atoms with van der Waals surface area (Å²) in [6, 6.07) is 17.8. The maximum Gasteiger partial charge on any atom is 0.300 e. The predicted molar refractivity (Wildman–Crippen MR) is 125 cm³/mol. The second-order valence-electron chi connectivity index (χ2n) is 8.03. The summed E-state index contributed by atoms with van der Waals surface area (Å²) in [7, 11) is 1.92. The lowest BCUT2D eigenvalue weighted by molar-refractivity contribution is -0.132. The number of aliphatic hydroxyl groups excluding tert-OH is 1. The molecule has 8 heteroatoms. The van der Waals surface area contributed by atoms with E-state index in [1.54, 1.807) is 66.9 Å². The van der Waals surface area contributed by atoms with Gasteiger partial charge in [0.05, 0.1) is 35.1 Å². The summed E-state index contributed by atoms with van der Waals surface area (Å²) < 4.78 is 5.67. The minimum Gasteiger partial charge on any atom is -0.507 e. The molecule has 1 N–H and O–H groups in total. The maximum atomic E-state index is 13.2. The number of aromatic nitrogens is 1. The third-order valence-corrected chi connectivity index (χ3v) is 6.01. The molecule has 3 aromatic rings. The Morgan fingerprint density at radius 2 is 1.94 bits per heavy atom. The number of nitriles is 1. The van der Waals surface area contributed by atoms with Gasteiger partial charge in [-0.1, -0.05) is 6.07 Å². The second-order valence-corrected chi connectivity index (χ2v) is 8.03. The van der Waals surface area contributed by atoms with E-state index in [-0.39, 0.29) is 11.3 Å². The molecule has 34 heavy (non-hydrogen) atoms. The molecule has 1 saturated heterocycles. The number of carbonyl (C=O) groups excluding carboxylic acids is 2. The number of fused-ring (bicyclic) bond motifs is 1. The average Bonchev–Trinajstić information content (AvgIpc) is 3.14. The highest BCUT2D eigenvalue weighted by Gasteiger charge is 2.47. The third kappa shape index (κ3) is 3.44. The van der Waals surface area contributed by atoms with Crippen molar-refractivity contribution in [1.82, 2.24) is 4.98 Å². The first-order valence-electron chi connectivity index (χ1n) is 10.7. The molecule has 1 atom stereocenters. The molecule has 2 aliphatic heterocycles. The Bertz CT molecular complexity index is 1360. The molecule has 1 aromatic heterocycles. The topological polar surface area (TPSA) is 107 Å². The van der Waals surface area contributed by atoms with Gasteiger partial charge in [0.2, 0.25) is 0 Å². The highest BCUT2D eigenvalue weighted by atomic mass is 16.5. The number of likely N-dealkylation sites (N-methyl/N-ethyl adjacent to an activating group) is 1. The van der Waals surface area contributed by atoms with Gasteiger partial charge in [-0.15, -0.1) is 0 Å². The number of hydrogen-bond acceptors (Lipinski definition) is 7. The molecular formula is C26H20N4O4. The smallest absolute Gasteiger partial charge is 0.300 e. The number of ketones is 1. The van der Waals surface area contributed by atoms with Crippen LogP contribution in [-0.2, 0) is 9.59 Å². The lowest BCUT2D eigenvalue weighted by atomic mass is 9.97. The zero-order valence-electron chi connectivity index (χ0n) is 18.3. The molecule has 0 saturated carbocycles. The number of ether oxygens (including phenoxy) is 1. The Morgan fingerprint density at radius 3 is 2.65 bits per heavy atom. The molecule has 5 rings (SSSR count). The third-order valence-electron chi connectivity index (χ3n) is 6.01. The van der Waals surface area contributed by atoms with Gasteiger partial charge in [-0.2, -0.15) is 5.26 Å². The van der Waals surface area contributed by atoms with Crippen LogP contribution in [0.2, 0.25) is 0 Å². The number of carbonyl (C=O) groups is 2. The van der Waals surface area contributed by atoms with Crippen molar-refractivity contribution in [2.24, 2.45) is 0 Å². The number of aliphatic hydroxyl groups is 1. The Labute approximate surface area is 195 Å². The molecule has 2 aromatic carbocycles. The lowest BCUT2D eigenvalue weighted by Crippen LogP contribution is -2.29. The average molecular weight is 452 g/mol. The van der Waals surface area contributed by atoms with E-state index in [1.165, 1.54) is 4.90 Å². The Kier molecular flexibility index (Phi) is 5.22. The van der Waals surface area contributed by atoms with Gasteiger partial charge >= 0.3 is 0 Å². The number of Topliss-reactive ketones (excluding diaryl/α,β-unsaturated/α-hetero) is 1. The van der Waals surface area contributed by atoms with Crippen molar-refractivity contribution in [3.63, 3.8) is 0 Å². The van der Waals surface area contributed by atoms with Crippen molar-refractivity contribution in [3.8, 4) is 11.8 Å². The van der Waals surface area contributed by atoms with Crippen LogP contribution in [-0.4, -0.2) is 42.0 Å². The van der Waals surface area contributed by atoms with Crippen LogP contribution in [0.5, 0.6) is 5.75 Å². The van der Waals surface area contributed by atoms with E-state index in [0.29, 0.717) is 41.4 Å². The number of benzene rings is 2. The standard InChI is InChI=1S/C26H20N4O4/c1-29-12-13-34-21-10-7-17(14-20(21)29)24(31)22-23(19-4-2-3-11-28-19)30(26(33)25(22)32)18-8-5-16(15-27)6-9-18/h2-11,14,23,31H,12-13H2,1H3/b24-22-. The fourth-order valence-electron chi connectivity index (χ4n) is 4.27. The molecule has 1 unspecified atom stereocenters. The summed E-state index contributed by atoms with van der Waals surface area (Å²) in [5.74, 6) is -1.18. The summed E-state index contributed by atoms with van der Waals surface area (Å²) in [4.78, 5) is 34.1. The Hall–Kier alpha value is -4.64. The second kappa shape index (κ2) is 8.37. The molecule has 3 heterocycles. The van der Waals surface area contributed by atoms with Gasteiger partial charge in [-0.25, -0.2) is 0 Å². The summed E-state index contributed by atoms with van der Waals surface area (Å²) in [5.41, 5.74) is 2.42. The first-order chi connectivity index (χ1) is 16.5. The van der Waals surface area contributed by atoms with E-state index in [9.17, 15) is 14.7 Å². The minimum atomic E-state index is -0.931. The van der Waals surface area contributed by atoms with Crippen molar-refractivity contribution in [2.75, 3.05) is 30.0 Å². The van der Waals surface area contributed by atoms with Crippen LogP contribution in [0.3, 0.4) is 0 Å². The number of rotatable bonds is 3. The minimum absolute atomic E-state index is 0.0487. The van der Waals surface area contributed by atoms with Gasteiger partial charge in [-0.3, -0.25) is 19.5 Å². The van der Waals surface area contributed by atoms with Gasteiger partial charge in [0.25, 0.3) is 11.7 Å².